The summed E-state index contributed by atoms with van der Waals surface area (Å²) in [5.74, 6) is 2.97. The van der Waals surface area contributed by atoms with Crippen LogP contribution in [0.4, 0.5) is 17.2 Å². The van der Waals surface area contributed by atoms with Gasteiger partial charge in [0, 0.05) is 52.1 Å². The van der Waals surface area contributed by atoms with E-state index in [9.17, 15) is 0 Å². The second-order valence-electron chi connectivity index (χ2n) is 8.96. The summed E-state index contributed by atoms with van der Waals surface area (Å²) < 4.78 is 0. The Morgan fingerprint density at radius 2 is 1.17 bits per heavy atom. The molecule has 9 heteroatoms. The Balaban J connectivity index is 0.00000408. The van der Waals surface area contributed by atoms with Crippen molar-refractivity contribution in [2.24, 2.45) is 9.98 Å². The van der Waals surface area contributed by atoms with Crippen LogP contribution in [0, 0.1) is 0 Å². The Labute approximate surface area is 235 Å². The molecule has 3 aromatic rings. The van der Waals surface area contributed by atoms with Crippen LogP contribution in [-0.2, 0) is 0 Å². The third-order valence-corrected chi connectivity index (χ3v) is 5.90. The first-order chi connectivity index (χ1) is 15.7. The standard InChI is InChI=1S/C27H38N6.3ClH/c1-9-15-33(16-10-2)27-25-17-21(28-19(3)31(5)6)11-13-23(25)24-14-12-22(18-26(24)30-27)29-20(4)32(7)8;;;/h11-14,17-18H,9-10,15-16H2,1-8H3;3*1H/b28-19+,29-20+;;;. The van der Waals surface area contributed by atoms with Gasteiger partial charge in [-0.3, -0.25) is 0 Å². The van der Waals surface area contributed by atoms with E-state index in [-0.39, 0.29) is 37.2 Å². The summed E-state index contributed by atoms with van der Waals surface area (Å²) in [7, 11) is 8.05. The number of hydrogen-bond donors (Lipinski definition) is 0. The maximum atomic E-state index is 5.19. The molecule has 1 heterocycles. The largest absolute Gasteiger partial charge is 0.366 e. The number of halogens is 3. The molecule has 1 aromatic heterocycles. The van der Waals surface area contributed by atoms with Gasteiger partial charge in [0.1, 0.15) is 17.5 Å². The third-order valence-electron chi connectivity index (χ3n) is 5.90. The monoisotopic (exact) mass is 554 g/mol. The van der Waals surface area contributed by atoms with E-state index in [1.54, 1.807) is 0 Å². The molecule has 0 aliphatic rings. The molecule has 0 saturated heterocycles. The van der Waals surface area contributed by atoms with Crippen LogP contribution in [-0.4, -0.2) is 67.7 Å². The van der Waals surface area contributed by atoms with E-state index in [4.69, 9.17) is 15.0 Å². The van der Waals surface area contributed by atoms with Crippen LogP contribution >= 0.6 is 37.2 Å². The fourth-order valence-electron chi connectivity index (χ4n) is 3.78. The maximum absolute atomic E-state index is 5.19. The summed E-state index contributed by atoms with van der Waals surface area (Å²) in [6.45, 7) is 10.4. The first-order valence-corrected chi connectivity index (χ1v) is 11.8. The van der Waals surface area contributed by atoms with Crippen LogP contribution in [0.1, 0.15) is 40.5 Å². The molecule has 36 heavy (non-hydrogen) atoms. The van der Waals surface area contributed by atoms with Crippen LogP contribution in [0.2, 0.25) is 0 Å². The highest BCUT2D eigenvalue weighted by Gasteiger charge is 2.15. The third kappa shape index (κ3) is 7.86. The number of hydrogen-bond acceptors (Lipinski definition) is 4. The number of rotatable bonds is 7. The minimum atomic E-state index is 0. The highest BCUT2D eigenvalue weighted by molar-refractivity contribution is 6.11. The van der Waals surface area contributed by atoms with E-state index in [0.717, 1.165) is 71.1 Å². The van der Waals surface area contributed by atoms with Gasteiger partial charge in [-0.1, -0.05) is 26.0 Å². The van der Waals surface area contributed by atoms with Gasteiger partial charge in [-0.05, 0) is 56.3 Å². The van der Waals surface area contributed by atoms with E-state index in [1.165, 1.54) is 5.39 Å². The summed E-state index contributed by atoms with van der Waals surface area (Å²) in [4.78, 5) is 21.2. The summed E-state index contributed by atoms with van der Waals surface area (Å²) in [5, 5.41) is 3.49. The average molecular weight is 556 g/mol. The Kier molecular flexibility index (Phi) is 14.1. The van der Waals surface area contributed by atoms with Gasteiger partial charge >= 0.3 is 0 Å². The predicted molar refractivity (Wildman–Crippen MR) is 167 cm³/mol. The van der Waals surface area contributed by atoms with E-state index < -0.39 is 0 Å². The zero-order valence-electron chi connectivity index (χ0n) is 22.7. The molecule has 0 amide bonds. The molecule has 3 rings (SSSR count). The molecule has 2 aromatic carbocycles. The fraction of sp³-hybridized carbons (Fsp3) is 0.444. The second kappa shape index (κ2) is 15.1. The second-order valence-corrected chi connectivity index (χ2v) is 8.96. The summed E-state index contributed by atoms with van der Waals surface area (Å²) in [6.07, 6.45) is 2.15. The lowest BCUT2D eigenvalue weighted by Gasteiger charge is -2.25. The van der Waals surface area contributed by atoms with Crippen LogP contribution in [0.5, 0.6) is 0 Å². The van der Waals surface area contributed by atoms with Crippen molar-refractivity contribution in [1.29, 1.82) is 0 Å². The quantitative estimate of drug-likeness (QED) is 0.172. The maximum Gasteiger partial charge on any atom is 0.137 e. The highest BCUT2D eigenvalue weighted by atomic mass is 35.5. The molecule has 0 N–H and O–H groups in total. The number of fused-ring (bicyclic) bond motifs is 3. The molecule has 0 aliphatic heterocycles. The van der Waals surface area contributed by atoms with E-state index in [2.05, 4.69) is 55.1 Å². The normalized spacial score (nSPS) is 11.4. The minimum absolute atomic E-state index is 0. The average Bonchev–Trinajstić information content (AvgIpc) is 2.78. The van der Waals surface area contributed by atoms with Gasteiger partial charge in [0.25, 0.3) is 0 Å². The number of amidine groups is 2. The summed E-state index contributed by atoms with van der Waals surface area (Å²) in [6, 6.07) is 12.8. The first-order valence-electron chi connectivity index (χ1n) is 11.8. The van der Waals surface area contributed by atoms with Crippen LogP contribution in [0.3, 0.4) is 0 Å². The Morgan fingerprint density at radius 1 is 0.694 bits per heavy atom. The zero-order chi connectivity index (χ0) is 24.1. The molecule has 0 aliphatic carbocycles. The van der Waals surface area contributed by atoms with Gasteiger partial charge in [0.05, 0.1) is 16.9 Å². The van der Waals surface area contributed by atoms with Crippen LogP contribution in [0.15, 0.2) is 46.4 Å². The smallest absolute Gasteiger partial charge is 0.137 e. The number of pyridine rings is 1. The molecule has 0 unspecified atom stereocenters. The highest BCUT2D eigenvalue weighted by Crippen LogP contribution is 2.35. The number of nitrogens with zero attached hydrogens (tertiary/aromatic N) is 6. The number of anilines is 1. The fourth-order valence-corrected chi connectivity index (χ4v) is 3.78. The Bertz CT molecular complexity index is 1190. The number of aromatic nitrogens is 1. The molecule has 200 valence electrons. The first kappa shape index (κ1) is 33.7. The van der Waals surface area contributed by atoms with Gasteiger partial charge in [0.2, 0.25) is 0 Å². The van der Waals surface area contributed by atoms with Crippen molar-refractivity contribution < 1.29 is 0 Å². The van der Waals surface area contributed by atoms with Gasteiger partial charge in [-0.15, -0.1) is 37.2 Å². The topological polar surface area (TPSA) is 47.3 Å². The van der Waals surface area contributed by atoms with Crippen molar-refractivity contribution in [3.63, 3.8) is 0 Å². The zero-order valence-corrected chi connectivity index (χ0v) is 25.2. The molecule has 6 nitrogen and oxygen atoms in total. The van der Waals surface area contributed by atoms with Crippen molar-refractivity contribution >= 4 is 87.8 Å². The van der Waals surface area contributed by atoms with Crippen molar-refractivity contribution in [2.45, 2.75) is 40.5 Å². The lowest BCUT2D eigenvalue weighted by atomic mass is 10.0. The van der Waals surface area contributed by atoms with Crippen molar-refractivity contribution in [3.05, 3.63) is 36.4 Å². The molecule has 0 radical (unpaired) electrons. The number of aliphatic imine (C=N–C) groups is 2. The van der Waals surface area contributed by atoms with Crippen molar-refractivity contribution in [1.82, 2.24) is 14.8 Å². The molecular weight excluding hydrogens is 515 g/mol. The molecule has 0 spiro atoms. The van der Waals surface area contributed by atoms with E-state index >= 15 is 0 Å². The van der Waals surface area contributed by atoms with Crippen molar-refractivity contribution in [3.8, 4) is 0 Å². The van der Waals surface area contributed by atoms with E-state index in [1.807, 2.05) is 51.8 Å². The van der Waals surface area contributed by atoms with Crippen molar-refractivity contribution in [2.75, 3.05) is 46.2 Å². The summed E-state index contributed by atoms with van der Waals surface area (Å²) in [5.41, 5.74) is 2.85. The molecule has 0 fully saturated rings. The van der Waals surface area contributed by atoms with Gasteiger partial charge in [-0.25, -0.2) is 15.0 Å². The SMILES string of the molecule is CCCN(CCC)c1nc2cc(/N=C(\C)N(C)C)ccc2c2ccc(/N=C(\C)N(C)C)cc12.Cl.Cl.Cl. The summed E-state index contributed by atoms with van der Waals surface area (Å²) >= 11 is 0. The predicted octanol–water partition coefficient (Wildman–Crippen LogP) is 7.50. The van der Waals surface area contributed by atoms with Crippen LogP contribution in [0.25, 0.3) is 21.7 Å². The van der Waals surface area contributed by atoms with E-state index in [0.29, 0.717) is 0 Å². The Hall–Kier alpha value is -2.28. The lowest BCUT2D eigenvalue weighted by Crippen LogP contribution is -2.26. The minimum Gasteiger partial charge on any atom is -0.366 e. The lowest BCUT2D eigenvalue weighted by molar-refractivity contribution is 0.619. The Morgan fingerprint density at radius 3 is 1.64 bits per heavy atom. The van der Waals surface area contributed by atoms with Gasteiger partial charge < -0.3 is 14.7 Å². The molecule has 0 atom stereocenters. The van der Waals surface area contributed by atoms with Crippen LogP contribution < -0.4 is 4.90 Å². The molecular formula is C27H41Cl3N6. The molecule has 0 bridgehead atoms. The molecule has 0 saturated carbocycles. The van der Waals surface area contributed by atoms with Gasteiger partial charge in [0.15, 0.2) is 0 Å². The van der Waals surface area contributed by atoms with Gasteiger partial charge in [-0.2, -0.15) is 0 Å². The number of benzene rings is 2.